The number of carbonyl (C=O) groups excluding carboxylic acids is 1. The lowest BCUT2D eigenvalue weighted by atomic mass is 10.1. The number of carbonyl (C=O) groups is 1. The average Bonchev–Trinajstić information content (AvgIpc) is 3.32. The number of imidazole rings is 2. The highest BCUT2D eigenvalue weighted by molar-refractivity contribution is 7.99. The van der Waals surface area contributed by atoms with Gasteiger partial charge in [-0.25, -0.2) is 9.97 Å². The highest BCUT2D eigenvalue weighted by Crippen LogP contribution is 2.23. The molecule has 0 fully saturated rings. The first-order valence-electron chi connectivity index (χ1n) is 9.95. The van der Waals surface area contributed by atoms with Crippen molar-refractivity contribution in [3.05, 3.63) is 71.8 Å². The molecule has 1 N–H and O–H groups in total. The number of amides is 1. The number of thioether (sulfide) groups is 1. The predicted molar refractivity (Wildman–Crippen MR) is 121 cm³/mol. The predicted octanol–water partition coefficient (Wildman–Crippen LogP) is 4.06. The first-order valence-corrected chi connectivity index (χ1v) is 10.9. The van der Waals surface area contributed by atoms with Crippen molar-refractivity contribution in [2.75, 3.05) is 12.3 Å². The van der Waals surface area contributed by atoms with Gasteiger partial charge in [-0.2, -0.15) is 0 Å². The second kappa shape index (κ2) is 8.75. The SMILES string of the molecule is Cc1ccc(C)c(-n2ccnc2SCC(=O)NCCn2c(C)nc3ccccc32)c1. The summed E-state index contributed by atoms with van der Waals surface area (Å²) in [7, 11) is 0. The molecular weight excluding hydrogens is 394 g/mol. The third-order valence-corrected chi connectivity index (χ3v) is 6.03. The van der Waals surface area contributed by atoms with E-state index in [2.05, 4.69) is 58.0 Å². The molecule has 30 heavy (non-hydrogen) atoms. The van der Waals surface area contributed by atoms with E-state index in [1.54, 1.807) is 6.20 Å². The molecule has 0 atom stereocenters. The van der Waals surface area contributed by atoms with Gasteiger partial charge in [0.15, 0.2) is 5.16 Å². The van der Waals surface area contributed by atoms with Gasteiger partial charge in [0.2, 0.25) is 5.91 Å². The third kappa shape index (κ3) is 4.26. The van der Waals surface area contributed by atoms with Gasteiger partial charge < -0.3 is 9.88 Å². The molecule has 0 saturated carbocycles. The second-order valence-corrected chi connectivity index (χ2v) is 8.25. The number of aryl methyl sites for hydroxylation is 3. The normalized spacial score (nSPS) is 11.2. The summed E-state index contributed by atoms with van der Waals surface area (Å²) in [5, 5.41) is 3.82. The van der Waals surface area contributed by atoms with E-state index in [-0.39, 0.29) is 5.91 Å². The molecular formula is C23H25N5OS. The number of fused-ring (bicyclic) bond motifs is 1. The van der Waals surface area contributed by atoms with Crippen molar-refractivity contribution >= 4 is 28.7 Å². The average molecular weight is 420 g/mol. The van der Waals surface area contributed by atoms with Gasteiger partial charge in [0.05, 0.1) is 22.5 Å². The largest absolute Gasteiger partial charge is 0.354 e. The molecule has 0 saturated heterocycles. The van der Waals surface area contributed by atoms with Crippen LogP contribution in [-0.4, -0.2) is 37.3 Å². The van der Waals surface area contributed by atoms with Gasteiger partial charge in [-0.1, -0.05) is 36.0 Å². The summed E-state index contributed by atoms with van der Waals surface area (Å²) < 4.78 is 4.18. The summed E-state index contributed by atoms with van der Waals surface area (Å²) in [6.45, 7) is 7.40. The van der Waals surface area contributed by atoms with Crippen molar-refractivity contribution in [3.8, 4) is 5.69 Å². The number of rotatable bonds is 7. The van der Waals surface area contributed by atoms with E-state index in [1.165, 1.54) is 22.9 Å². The van der Waals surface area contributed by atoms with Crippen LogP contribution >= 0.6 is 11.8 Å². The fourth-order valence-electron chi connectivity index (χ4n) is 3.53. The van der Waals surface area contributed by atoms with Crippen molar-refractivity contribution in [2.24, 2.45) is 0 Å². The van der Waals surface area contributed by atoms with Crippen LogP contribution in [0.25, 0.3) is 16.7 Å². The summed E-state index contributed by atoms with van der Waals surface area (Å²) in [4.78, 5) is 21.4. The number of hydrogen-bond acceptors (Lipinski definition) is 4. The van der Waals surface area contributed by atoms with Crippen LogP contribution in [0.3, 0.4) is 0 Å². The third-order valence-electron chi connectivity index (χ3n) is 5.07. The Morgan fingerprint density at radius 1 is 1.13 bits per heavy atom. The molecule has 2 heterocycles. The number of para-hydroxylation sites is 2. The van der Waals surface area contributed by atoms with Crippen molar-refractivity contribution < 1.29 is 4.79 Å². The lowest BCUT2D eigenvalue weighted by molar-refractivity contribution is -0.118. The molecule has 4 aromatic rings. The minimum Gasteiger partial charge on any atom is -0.354 e. The van der Waals surface area contributed by atoms with Crippen molar-refractivity contribution in [3.63, 3.8) is 0 Å². The van der Waals surface area contributed by atoms with Crippen LogP contribution in [-0.2, 0) is 11.3 Å². The zero-order valence-electron chi connectivity index (χ0n) is 17.4. The molecule has 2 aromatic carbocycles. The van der Waals surface area contributed by atoms with Crippen molar-refractivity contribution in [1.29, 1.82) is 0 Å². The first kappa shape index (κ1) is 20.2. The molecule has 0 bridgehead atoms. The molecule has 1 amide bonds. The maximum atomic E-state index is 12.4. The van der Waals surface area contributed by atoms with Crippen LogP contribution < -0.4 is 5.32 Å². The Bertz CT molecular complexity index is 1190. The molecule has 0 aliphatic heterocycles. The molecule has 0 spiro atoms. The van der Waals surface area contributed by atoms with Crippen molar-refractivity contribution in [2.45, 2.75) is 32.5 Å². The monoisotopic (exact) mass is 419 g/mol. The standard InChI is InChI=1S/C23H25N5OS/c1-16-8-9-17(2)21(14-16)28-13-11-25-23(28)30-15-22(29)24-10-12-27-18(3)26-19-6-4-5-7-20(19)27/h4-9,11,13-14H,10,12,15H2,1-3H3,(H,24,29). The Morgan fingerprint density at radius 2 is 1.97 bits per heavy atom. The van der Waals surface area contributed by atoms with Gasteiger partial charge in [-0.05, 0) is 50.1 Å². The van der Waals surface area contributed by atoms with Gasteiger partial charge >= 0.3 is 0 Å². The van der Waals surface area contributed by atoms with Crippen LogP contribution in [0.5, 0.6) is 0 Å². The Morgan fingerprint density at radius 3 is 2.83 bits per heavy atom. The Hall–Kier alpha value is -3.06. The molecule has 4 rings (SSSR count). The number of hydrogen-bond donors (Lipinski definition) is 1. The van der Waals surface area contributed by atoms with E-state index in [9.17, 15) is 4.79 Å². The Labute approximate surface area is 180 Å². The molecule has 0 unspecified atom stereocenters. The highest BCUT2D eigenvalue weighted by atomic mass is 32.2. The van der Waals surface area contributed by atoms with Crippen LogP contribution in [0.1, 0.15) is 17.0 Å². The fraction of sp³-hybridized carbons (Fsp3) is 0.261. The number of aromatic nitrogens is 4. The topological polar surface area (TPSA) is 64.7 Å². The Kier molecular flexibility index (Phi) is 5.90. The summed E-state index contributed by atoms with van der Waals surface area (Å²) >= 11 is 1.45. The number of nitrogens with one attached hydrogen (secondary N) is 1. The maximum Gasteiger partial charge on any atom is 0.230 e. The lowest BCUT2D eigenvalue weighted by Crippen LogP contribution is -2.29. The van der Waals surface area contributed by atoms with Crippen LogP contribution in [0.15, 0.2) is 60.0 Å². The maximum absolute atomic E-state index is 12.4. The summed E-state index contributed by atoms with van der Waals surface area (Å²) in [5.41, 5.74) is 5.54. The minimum atomic E-state index is -0.00223. The Balaban J connectivity index is 1.34. The zero-order chi connectivity index (χ0) is 21.1. The van der Waals surface area contributed by atoms with Gasteiger partial charge in [0.1, 0.15) is 5.82 Å². The van der Waals surface area contributed by atoms with Gasteiger partial charge in [-0.3, -0.25) is 9.36 Å². The summed E-state index contributed by atoms with van der Waals surface area (Å²) in [6, 6.07) is 14.4. The molecule has 6 nitrogen and oxygen atoms in total. The van der Waals surface area contributed by atoms with Gasteiger partial charge in [0, 0.05) is 25.5 Å². The molecule has 0 aliphatic carbocycles. The van der Waals surface area contributed by atoms with E-state index in [4.69, 9.17) is 0 Å². The van der Waals surface area contributed by atoms with E-state index >= 15 is 0 Å². The highest BCUT2D eigenvalue weighted by Gasteiger charge is 2.11. The first-order chi connectivity index (χ1) is 14.5. The molecule has 7 heteroatoms. The van der Waals surface area contributed by atoms with Gasteiger partial charge in [-0.15, -0.1) is 0 Å². The van der Waals surface area contributed by atoms with Crippen LogP contribution in [0.4, 0.5) is 0 Å². The molecule has 0 aliphatic rings. The molecule has 2 aromatic heterocycles. The molecule has 0 radical (unpaired) electrons. The molecule has 154 valence electrons. The van der Waals surface area contributed by atoms with E-state index in [1.807, 2.05) is 35.9 Å². The van der Waals surface area contributed by atoms with Crippen LogP contribution in [0.2, 0.25) is 0 Å². The quantitative estimate of drug-likeness (QED) is 0.459. The summed E-state index contributed by atoms with van der Waals surface area (Å²) in [6.07, 6.45) is 3.71. The lowest BCUT2D eigenvalue weighted by Gasteiger charge is -2.12. The van der Waals surface area contributed by atoms with E-state index in [0.717, 1.165) is 27.7 Å². The zero-order valence-corrected chi connectivity index (χ0v) is 18.2. The van der Waals surface area contributed by atoms with Crippen LogP contribution in [0, 0.1) is 20.8 Å². The smallest absolute Gasteiger partial charge is 0.230 e. The van der Waals surface area contributed by atoms with Crippen molar-refractivity contribution in [1.82, 2.24) is 24.4 Å². The number of benzene rings is 2. The second-order valence-electron chi connectivity index (χ2n) is 7.31. The van der Waals surface area contributed by atoms with Gasteiger partial charge in [0.25, 0.3) is 0 Å². The number of nitrogens with zero attached hydrogens (tertiary/aromatic N) is 4. The van der Waals surface area contributed by atoms with E-state index in [0.29, 0.717) is 18.8 Å². The minimum absolute atomic E-state index is 0.00223. The fourth-order valence-corrected chi connectivity index (χ4v) is 4.32. The summed E-state index contributed by atoms with van der Waals surface area (Å²) in [5.74, 6) is 1.28. The van der Waals surface area contributed by atoms with E-state index < -0.39 is 0 Å².